The summed E-state index contributed by atoms with van der Waals surface area (Å²) >= 11 is 3.15. The molecule has 2 heterocycles. The second-order valence-electron chi connectivity index (χ2n) is 8.22. The van der Waals surface area contributed by atoms with Crippen molar-refractivity contribution in [3.63, 3.8) is 0 Å². The summed E-state index contributed by atoms with van der Waals surface area (Å²) in [5.74, 6) is 0.828. The molecule has 1 fully saturated rings. The van der Waals surface area contributed by atoms with Crippen LogP contribution in [-0.4, -0.2) is 42.8 Å². The molecule has 150 valence electrons. The van der Waals surface area contributed by atoms with E-state index in [0.29, 0.717) is 10.3 Å². The Morgan fingerprint density at radius 1 is 1.36 bits per heavy atom. The SMILES string of the molecule is COc1ccc(-c2c(C)nc3sc(C(C)(C)O)nn23)cc1SC1CC(C)(O)C1. The van der Waals surface area contributed by atoms with Crippen molar-refractivity contribution in [2.24, 2.45) is 0 Å². The smallest absolute Gasteiger partial charge is 0.213 e. The summed E-state index contributed by atoms with van der Waals surface area (Å²) in [5, 5.41) is 26.0. The Bertz CT molecular complexity index is 1030. The first-order valence-electron chi connectivity index (χ1n) is 9.24. The highest BCUT2D eigenvalue weighted by molar-refractivity contribution is 8.00. The molecule has 3 aromatic rings. The van der Waals surface area contributed by atoms with E-state index in [1.807, 2.05) is 30.5 Å². The minimum absolute atomic E-state index is 0.381. The number of fused-ring (bicyclic) bond motifs is 1. The molecule has 4 rings (SSSR count). The zero-order chi connectivity index (χ0) is 20.3. The van der Waals surface area contributed by atoms with E-state index in [9.17, 15) is 10.2 Å². The van der Waals surface area contributed by atoms with Gasteiger partial charge in [0.15, 0.2) is 0 Å². The Hall–Kier alpha value is -1.61. The maximum atomic E-state index is 10.3. The van der Waals surface area contributed by atoms with Crippen LogP contribution in [0, 0.1) is 6.92 Å². The van der Waals surface area contributed by atoms with Crippen LogP contribution in [0.25, 0.3) is 16.2 Å². The molecule has 6 nitrogen and oxygen atoms in total. The maximum absolute atomic E-state index is 10.3. The number of nitrogens with zero attached hydrogens (tertiary/aromatic N) is 3. The molecule has 0 atom stereocenters. The van der Waals surface area contributed by atoms with E-state index in [2.05, 4.69) is 16.1 Å². The molecule has 2 N–H and O–H groups in total. The quantitative estimate of drug-likeness (QED) is 0.651. The van der Waals surface area contributed by atoms with E-state index in [0.717, 1.165) is 45.4 Å². The average molecular weight is 420 g/mol. The van der Waals surface area contributed by atoms with Crippen molar-refractivity contribution in [1.82, 2.24) is 14.6 Å². The lowest BCUT2D eigenvalue weighted by Gasteiger charge is -2.40. The van der Waals surface area contributed by atoms with Gasteiger partial charge in [0.25, 0.3) is 0 Å². The Kier molecular flexibility index (Phi) is 4.73. The molecule has 0 amide bonds. The van der Waals surface area contributed by atoms with Gasteiger partial charge in [-0.25, -0.2) is 9.50 Å². The zero-order valence-corrected chi connectivity index (χ0v) is 18.3. The van der Waals surface area contributed by atoms with E-state index in [1.165, 1.54) is 11.3 Å². The summed E-state index contributed by atoms with van der Waals surface area (Å²) in [7, 11) is 1.67. The monoisotopic (exact) mass is 419 g/mol. The summed E-state index contributed by atoms with van der Waals surface area (Å²) in [4.78, 5) is 6.46. The predicted octanol–water partition coefficient (Wildman–Crippen LogP) is 4.01. The van der Waals surface area contributed by atoms with Crippen molar-refractivity contribution in [3.05, 3.63) is 28.9 Å². The number of hydrogen-bond acceptors (Lipinski definition) is 7. The fourth-order valence-electron chi connectivity index (χ4n) is 3.53. The molecule has 0 saturated heterocycles. The van der Waals surface area contributed by atoms with Crippen molar-refractivity contribution in [2.45, 2.75) is 61.9 Å². The van der Waals surface area contributed by atoms with Crippen molar-refractivity contribution in [2.75, 3.05) is 7.11 Å². The zero-order valence-electron chi connectivity index (χ0n) is 16.7. The Morgan fingerprint density at radius 2 is 2.07 bits per heavy atom. The van der Waals surface area contributed by atoms with Gasteiger partial charge in [0, 0.05) is 10.8 Å². The average Bonchev–Trinajstić information content (AvgIpc) is 3.09. The molecular weight excluding hydrogens is 394 g/mol. The lowest BCUT2D eigenvalue weighted by molar-refractivity contribution is -0.00945. The Balaban J connectivity index is 1.74. The molecule has 1 aromatic carbocycles. The van der Waals surface area contributed by atoms with Crippen molar-refractivity contribution < 1.29 is 14.9 Å². The van der Waals surface area contributed by atoms with Crippen LogP contribution >= 0.6 is 23.1 Å². The van der Waals surface area contributed by atoms with Gasteiger partial charge in [0.1, 0.15) is 16.4 Å². The van der Waals surface area contributed by atoms with Gasteiger partial charge < -0.3 is 14.9 Å². The van der Waals surface area contributed by atoms with E-state index >= 15 is 0 Å². The summed E-state index contributed by atoms with van der Waals surface area (Å²) < 4.78 is 7.37. The predicted molar refractivity (Wildman–Crippen MR) is 112 cm³/mol. The molecule has 1 aliphatic rings. The van der Waals surface area contributed by atoms with Gasteiger partial charge in [-0.1, -0.05) is 11.3 Å². The van der Waals surface area contributed by atoms with E-state index in [-0.39, 0.29) is 0 Å². The largest absolute Gasteiger partial charge is 0.496 e. The van der Waals surface area contributed by atoms with Gasteiger partial charge in [-0.3, -0.25) is 0 Å². The molecule has 8 heteroatoms. The van der Waals surface area contributed by atoms with Crippen molar-refractivity contribution >= 4 is 28.1 Å². The minimum atomic E-state index is -1.00. The fourth-order valence-corrected chi connectivity index (χ4v) is 6.18. The maximum Gasteiger partial charge on any atom is 0.213 e. The molecule has 2 aromatic heterocycles. The van der Waals surface area contributed by atoms with Crippen LogP contribution in [0.5, 0.6) is 5.75 Å². The number of hydrogen-bond donors (Lipinski definition) is 2. The molecule has 0 bridgehead atoms. The molecule has 1 aliphatic carbocycles. The van der Waals surface area contributed by atoms with Gasteiger partial charge in [-0.05, 0) is 58.7 Å². The van der Waals surface area contributed by atoms with Crippen LogP contribution in [0.3, 0.4) is 0 Å². The van der Waals surface area contributed by atoms with Gasteiger partial charge in [0.05, 0.1) is 29.0 Å². The first-order valence-corrected chi connectivity index (χ1v) is 10.9. The summed E-state index contributed by atoms with van der Waals surface area (Å²) in [6.45, 7) is 7.31. The van der Waals surface area contributed by atoms with Gasteiger partial charge in [-0.2, -0.15) is 5.10 Å². The van der Waals surface area contributed by atoms with Crippen LogP contribution in [-0.2, 0) is 5.60 Å². The van der Waals surface area contributed by atoms with E-state index < -0.39 is 11.2 Å². The molecule has 0 aliphatic heterocycles. The number of aromatic nitrogens is 3. The lowest BCUT2D eigenvalue weighted by atomic mass is 9.82. The molecule has 0 radical (unpaired) electrons. The Morgan fingerprint density at radius 3 is 2.68 bits per heavy atom. The van der Waals surface area contributed by atoms with Crippen LogP contribution in [0.4, 0.5) is 0 Å². The number of aliphatic hydroxyl groups is 2. The second-order valence-corrected chi connectivity index (χ2v) is 10.5. The highest BCUT2D eigenvalue weighted by Gasteiger charge is 2.39. The topological polar surface area (TPSA) is 79.9 Å². The molecule has 0 unspecified atom stereocenters. The van der Waals surface area contributed by atoms with Crippen molar-refractivity contribution in [3.8, 4) is 17.0 Å². The number of imidazole rings is 1. The molecule has 1 saturated carbocycles. The second kappa shape index (κ2) is 6.73. The van der Waals surface area contributed by atoms with Gasteiger partial charge in [0.2, 0.25) is 4.96 Å². The lowest BCUT2D eigenvalue weighted by Crippen LogP contribution is -2.42. The Labute approximate surface area is 172 Å². The third-order valence-electron chi connectivity index (χ3n) is 4.97. The van der Waals surface area contributed by atoms with Gasteiger partial charge in [-0.15, -0.1) is 11.8 Å². The minimum Gasteiger partial charge on any atom is -0.496 e. The number of thioether (sulfide) groups is 1. The standard InChI is InChI=1S/C20H25N3O3S2/c1-11-16(23-18(21-11)28-17(22-23)19(2,3)24)12-6-7-14(26-5)15(8-12)27-13-9-20(4,25)10-13/h6-8,13,24-25H,9-10H2,1-5H3. The van der Waals surface area contributed by atoms with Crippen LogP contribution in [0.1, 0.15) is 44.3 Å². The van der Waals surface area contributed by atoms with Crippen LogP contribution in [0.15, 0.2) is 23.1 Å². The highest BCUT2D eigenvalue weighted by Crippen LogP contribution is 2.46. The van der Waals surface area contributed by atoms with Crippen LogP contribution in [0.2, 0.25) is 0 Å². The van der Waals surface area contributed by atoms with E-state index in [1.54, 1.807) is 32.7 Å². The first kappa shape index (κ1) is 19.7. The van der Waals surface area contributed by atoms with Gasteiger partial charge >= 0.3 is 0 Å². The molecule has 28 heavy (non-hydrogen) atoms. The third-order valence-corrected chi connectivity index (χ3v) is 7.43. The summed E-state index contributed by atoms with van der Waals surface area (Å²) in [6, 6.07) is 6.09. The first-order chi connectivity index (χ1) is 13.1. The highest BCUT2D eigenvalue weighted by atomic mass is 32.2. The normalized spacial score (nSPS) is 22.5. The number of ether oxygens (including phenoxy) is 1. The van der Waals surface area contributed by atoms with E-state index in [4.69, 9.17) is 4.74 Å². The van der Waals surface area contributed by atoms with Crippen LogP contribution < -0.4 is 4.74 Å². The summed E-state index contributed by atoms with van der Waals surface area (Å²) in [5.41, 5.74) is 1.27. The molecule has 0 spiro atoms. The number of benzene rings is 1. The molecular formula is C20H25N3O3S2. The van der Waals surface area contributed by atoms with Crippen molar-refractivity contribution in [1.29, 1.82) is 0 Å². The summed E-state index contributed by atoms with van der Waals surface area (Å²) in [6.07, 6.45) is 1.56. The number of rotatable bonds is 5. The third kappa shape index (κ3) is 3.54. The number of aryl methyl sites for hydroxylation is 1. The fraction of sp³-hybridized carbons (Fsp3) is 0.500. The number of methoxy groups -OCH3 is 1.